The minimum absolute atomic E-state index is 0.227. The summed E-state index contributed by atoms with van der Waals surface area (Å²) in [6.07, 6.45) is 1.39. The minimum atomic E-state index is -1.20. The number of carbonyl (C=O) groups is 2. The van der Waals surface area contributed by atoms with Crippen molar-refractivity contribution < 1.29 is 14.7 Å². The Labute approximate surface area is 139 Å². The van der Waals surface area contributed by atoms with E-state index in [4.69, 9.17) is 0 Å². The van der Waals surface area contributed by atoms with Crippen LogP contribution in [-0.4, -0.2) is 51.2 Å². The van der Waals surface area contributed by atoms with Crippen molar-refractivity contribution in [2.75, 3.05) is 19.0 Å². The summed E-state index contributed by atoms with van der Waals surface area (Å²) in [6, 6.07) is -1.20. The smallest absolute Gasteiger partial charge is 0.331 e. The number of hydrogen-bond donors (Lipinski definition) is 3. The van der Waals surface area contributed by atoms with Crippen molar-refractivity contribution >= 4 is 17.8 Å². The van der Waals surface area contributed by atoms with Gasteiger partial charge in [0.2, 0.25) is 5.95 Å². The molecule has 3 N–H and O–H groups in total. The highest BCUT2D eigenvalue weighted by Crippen LogP contribution is 2.21. The number of rotatable bonds is 5. The third-order valence-electron chi connectivity index (χ3n) is 3.61. The van der Waals surface area contributed by atoms with Gasteiger partial charge in [-0.1, -0.05) is 0 Å². The molecule has 0 aromatic carbocycles. The number of nitrogens with one attached hydrogen (secondary N) is 2. The first-order valence-electron chi connectivity index (χ1n) is 7.28. The van der Waals surface area contributed by atoms with Gasteiger partial charge in [-0.2, -0.15) is 5.10 Å². The predicted molar refractivity (Wildman–Crippen MR) is 87.0 cm³/mol. The highest BCUT2D eigenvalue weighted by Gasteiger charge is 2.28. The summed E-state index contributed by atoms with van der Waals surface area (Å²) < 4.78 is 0. The van der Waals surface area contributed by atoms with E-state index in [-0.39, 0.29) is 5.56 Å². The van der Waals surface area contributed by atoms with E-state index in [1.165, 1.54) is 6.20 Å². The van der Waals surface area contributed by atoms with Gasteiger partial charge in [0.15, 0.2) is 6.04 Å². The summed E-state index contributed by atoms with van der Waals surface area (Å²) in [4.78, 5) is 34.1. The van der Waals surface area contributed by atoms with Crippen LogP contribution in [0.25, 0.3) is 0 Å². The number of carboxylic acids is 1. The molecule has 9 heteroatoms. The summed E-state index contributed by atoms with van der Waals surface area (Å²) >= 11 is 0. The van der Waals surface area contributed by atoms with Crippen molar-refractivity contribution in [3.63, 3.8) is 0 Å². The molecule has 2 aromatic rings. The van der Waals surface area contributed by atoms with E-state index in [9.17, 15) is 14.7 Å². The van der Waals surface area contributed by atoms with Crippen LogP contribution in [0.15, 0.2) is 6.20 Å². The largest absolute Gasteiger partial charge is 0.479 e. The molecule has 0 spiro atoms. The van der Waals surface area contributed by atoms with Crippen LogP contribution in [0.5, 0.6) is 0 Å². The van der Waals surface area contributed by atoms with Gasteiger partial charge < -0.3 is 15.3 Å². The van der Waals surface area contributed by atoms with Gasteiger partial charge in [-0.05, 0) is 20.8 Å². The SMILES string of the molecule is Cc1nc(N(C)C)ncc1C(=O)N[C@H](C(=O)O)c1c(C)n[nH]c1C. The Morgan fingerprint density at radius 1 is 1.25 bits per heavy atom. The number of hydrogen-bond acceptors (Lipinski definition) is 6. The molecule has 0 aliphatic carbocycles. The second kappa shape index (κ2) is 6.65. The number of amides is 1. The molecule has 24 heavy (non-hydrogen) atoms. The zero-order valence-electron chi connectivity index (χ0n) is 14.2. The van der Waals surface area contributed by atoms with Crippen molar-refractivity contribution in [3.05, 3.63) is 34.4 Å². The Bertz CT molecular complexity index is 764. The third-order valence-corrected chi connectivity index (χ3v) is 3.61. The lowest BCUT2D eigenvalue weighted by atomic mass is 10.0. The monoisotopic (exact) mass is 332 g/mol. The Kier molecular flexibility index (Phi) is 4.82. The second-order valence-corrected chi connectivity index (χ2v) is 5.66. The third kappa shape index (κ3) is 3.34. The van der Waals surface area contributed by atoms with Gasteiger partial charge in [-0.3, -0.25) is 9.89 Å². The maximum absolute atomic E-state index is 12.5. The van der Waals surface area contributed by atoms with Gasteiger partial charge in [0.25, 0.3) is 5.91 Å². The number of nitrogens with zero attached hydrogens (tertiary/aromatic N) is 4. The molecule has 9 nitrogen and oxygen atoms in total. The predicted octanol–water partition coefficient (Wildman–Crippen LogP) is 0.747. The molecule has 2 heterocycles. The molecular formula is C15H20N6O3. The highest BCUT2D eigenvalue weighted by atomic mass is 16.4. The molecule has 0 saturated carbocycles. The number of aromatic amines is 1. The van der Waals surface area contributed by atoms with Crippen molar-refractivity contribution in [2.45, 2.75) is 26.8 Å². The van der Waals surface area contributed by atoms with E-state index in [2.05, 4.69) is 25.5 Å². The summed E-state index contributed by atoms with van der Waals surface area (Å²) in [5.74, 6) is -1.25. The van der Waals surface area contributed by atoms with Gasteiger partial charge in [0.05, 0.1) is 17.0 Å². The average molecular weight is 332 g/mol. The molecule has 2 aromatic heterocycles. The lowest BCUT2D eigenvalue weighted by Gasteiger charge is -2.16. The molecule has 1 amide bonds. The topological polar surface area (TPSA) is 124 Å². The Morgan fingerprint density at radius 3 is 2.38 bits per heavy atom. The molecule has 0 bridgehead atoms. The summed E-state index contributed by atoms with van der Waals surface area (Å²) in [5, 5.41) is 18.7. The van der Waals surface area contributed by atoms with Crippen LogP contribution in [0.1, 0.15) is 39.0 Å². The van der Waals surface area contributed by atoms with Crippen molar-refractivity contribution in [3.8, 4) is 0 Å². The van der Waals surface area contributed by atoms with Crippen LogP contribution in [0.4, 0.5) is 5.95 Å². The standard InChI is InChI=1S/C15H20N6O3/c1-7-10(6-16-15(17-7)21(4)5)13(22)18-12(14(23)24)11-8(2)19-20-9(11)3/h6,12H,1-5H3,(H,18,22)(H,19,20)(H,23,24)/t12-/m0/s1. The molecular weight excluding hydrogens is 312 g/mol. The number of anilines is 1. The number of aromatic nitrogens is 4. The fraction of sp³-hybridized carbons (Fsp3) is 0.400. The average Bonchev–Trinajstić information content (AvgIpc) is 2.83. The Balaban J connectivity index is 2.31. The van der Waals surface area contributed by atoms with Crippen LogP contribution in [-0.2, 0) is 4.79 Å². The zero-order valence-corrected chi connectivity index (χ0v) is 14.2. The van der Waals surface area contributed by atoms with Gasteiger partial charge in [0, 0.05) is 31.5 Å². The number of aryl methyl sites for hydroxylation is 3. The van der Waals surface area contributed by atoms with E-state index in [0.29, 0.717) is 28.6 Å². The molecule has 128 valence electrons. The Morgan fingerprint density at radius 2 is 1.92 bits per heavy atom. The van der Waals surface area contributed by atoms with Crippen molar-refractivity contribution in [1.82, 2.24) is 25.5 Å². The first-order chi connectivity index (χ1) is 11.2. The minimum Gasteiger partial charge on any atom is -0.479 e. The lowest BCUT2D eigenvalue weighted by molar-refractivity contribution is -0.139. The molecule has 1 atom stereocenters. The second-order valence-electron chi connectivity index (χ2n) is 5.66. The summed E-state index contributed by atoms with van der Waals surface area (Å²) in [5.41, 5.74) is 2.26. The Hall–Kier alpha value is -2.97. The van der Waals surface area contributed by atoms with E-state index in [1.54, 1.807) is 39.8 Å². The summed E-state index contributed by atoms with van der Waals surface area (Å²) in [7, 11) is 3.58. The lowest BCUT2D eigenvalue weighted by Crippen LogP contribution is -2.35. The van der Waals surface area contributed by atoms with E-state index in [1.807, 2.05) is 0 Å². The number of aliphatic carboxylic acids is 1. The quantitative estimate of drug-likeness (QED) is 0.738. The zero-order chi connectivity index (χ0) is 18.0. The van der Waals surface area contributed by atoms with Crippen LogP contribution >= 0.6 is 0 Å². The van der Waals surface area contributed by atoms with E-state index in [0.717, 1.165) is 0 Å². The molecule has 2 rings (SSSR count). The first kappa shape index (κ1) is 17.4. The number of carbonyl (C=O) groups excluding carboxylic acids is 1. The molecule has 0 aliphatic heterocycles. The van der Waals surface area contributed by atoms with Crippen molar-refractivity contribution in [2.24, 2.45) is 0 Å². The number of H-pyrrole nitrogens is 1. The van der Waals surface area contributed by atoms with Gasteiger partial charge >= 0.3 is 5.97 Å². The van der Waals surface area contributed by atoms with Gasteiger partial charge in [0.1, 0.15) is 0 Å². The van der Waals surface area contributed by atoms with E-state index < -0.39 is 17.9 Å². The van der Waals surface area contributed by atoms with Gasteiger partial charge in [-0.25, -0.2) is 14.8 Å². The molecule has 0 aliphatic rings. The maximum Gasteiger partial charge on any atom is 0.331 e. The fourth-order valence-electron chi connectivity index (χ4n) is 2.34. The van der Waals surface area contributed by atoms with Gasteiger partial charge in [-0.15, -0.1) is 0 Å². The first-order valence-corrected chi connectivity index (χ1v) is 7.28. The van der Waals surface area contributed by atoms with Crippen LogP contribution < -0.4 is 10.2 Å². The van der Waals surface area contributed by atoms with Crippen LogP contribution in [0.2, 0.25) is 0 Å². The molecule has 0 radical (unpaired) electrons. The number of carboxylic acid groups (broad SMARTS) is 1. The highest BCUT2D eigenvalue weighted by molar-refractivity contribution is 5.97. The summed E-state index contributed by atoms with van der Waals surface area (Å²) in [6.45, 7) is 5.06. The maximum atomic E-state index is 12.5. The van der Waals surface area contributed by atoms with Crippen molar-refractivity contribution in [1.29, 1.82) is 0 Å². The molecule has 0 fully saturated rings. The normalized spacial score (nSPS) is 11.9. The molecule has 0 saturated heterocycles. The molecule has 0 unspecified atom stereocenters. The van der Waals surface area contributed by atoms with Crippen LogP contribution in [0.3, 0.4) is 0 Å². The van der Waals surface area contributed by atoms with E-state index >= 15 is 0 Å². The van der Waals surface area contributed by atoms with Crippen LogP contribution in [0, 0.1) is 20.8 Å². The fourth-order valence-corrected chi connectivity index (χ4v) is 2.34.